The molecular formula is C14H14BrN3O4. The van der Waals surface area contributed by atoms with Crippen LogP contribution in [0.4, 0.5) is 10.5 Å². The number of halogens is 1. The van der Waals surface area contributed by atoms with Gasteiger partial charge in [-0.25, -0.2) is 9.69 Å². The average Bonchev–Trinajstić information content (AvgIpc) is 2.71. The van der Waals surface area contributed by atoms with Crippen LogP contribution < -0.4 is 10.2 Å². The third kappa shape index (κ3) is 2.01. The first-order valence-corrected chi connectivity index (χ1v) is 7.53. The van der Waals surface area contributed by atoms with E-state index in [1.54, 1.807) is 13.1 Å². The van der Waals surface area contributed by atoms with Crippen LogP contribution in [0.15, 0.2) is 16.9 Å². The minimum Gasteiger partial charge on any atom is -0.469 e. The van der Waals surface area contributed by atoms with E-state index >= 15 is 0 Å². The van der Waals surface area contributed by atoms with Crippen LogP contribution in [0.25, 0.3) is 0 Å². The predicted octanol–water partition coefficient (Wildman–Crippen LogP) is 1.53. The van der Waals surface area contributed by atoms with Gasteiger partial charge in [0.05, 0.1) is 24.9 Å². The molecule has 2 fully saturated rings. The van der Waals surface area contributed by atoms with E-state index in [2.05, 4.69) is 31.0 Å². The number of anilines is 1. The minimum absolute atomic E-state index is 0.265. The number of carbonyl (C=O) groups is 3. The van der Waals surface area contributed by atoms with Crippen molar-refractivity contribution in [2.24, 2.45) is 5.92 Å². The van der Waals surface area contributed by atoms with Gasteiger partial charge in [0.15, 0.2) is 0 Å². The third-order valence-electron chi connectivity index (χ3n) is 4.25. The molecule has 1 aromatic rings. The number of pyridine rings is 1. The maximum Gasteiger partial charge on any atom is 0.329 e. The van der Waals surface area contributed by atoms with Crippen molar-refractivity contribution in [3.8, 4) is 0 Å². The summed E-state index contributed by atoms with van der Waals surface area (Å²) in [5, 5.41) is 2.71. The number of esters is 1. The van der Waals surface area contributed by atoms with Crippen molar-refractivity contribution in [2.45, 2.75) is 25.3 Å². The largest absolute Gasteiger partial charge is 0.469 e. The molecule has 2 heterocycles. The number of carbonyl (C=O) groups excluding carboxylic acids is 3. The number of hydrogen-bond acceptors (Lipinski definition) is 5. The zero-order valence-corrected chi connectivity index (χ0v) is 13.6. The van der Waals surface area contributed by atoms with E-state index in [4.69, 9.17) is 0 Å². The second kappa shape index (κ2) is 5.05. The van der Waals surface area contributed by atoms with Crippen LogP contribution >= 0.6 is 15.9 Å². The van der Waals surface area contributed by atoms with Crippen LogP contribution in [0, 0.1) is 12.8 Å². The number of urea groups is 1. The molecule has 1 aliphatic carbocycles. The number of imide groups is 1. The maximum atomic E-state index is 12.7. The lowest BCUT2D eigenvalue weighted by Gasteiger charge is -2.40. The molecule has 1 aromatic heterocycles. The summed E-state index contributed by atoms with van der Waals surface area (Å²) in [5.41, 5.74) is 0.194. The van der Waals surface area contributed by atoms with E-state index in [0.29, 0.717) is 10.2 Å². The van der Waals surface area contributed by atoms with E-state index in [0.717, 1.165) is 10.5 Å². The van der Waals surface area contributed by atoms with Crippen LogP contribution in [0.1, 0.15) is 18.4 Å². The molecule has 8 heteroatoms. The summed E-state index contributed by atoms with van der Waals surface area (Å²) < 4.78 is 5.39. The fraction of sp³-hybridized carbons (Fsp3) is 0.429. The van der Waals surface area contributed by atoms with Crippen molar-refractivity contribution in [3.63, 3.8) is 0 Å². The minimum atomic E-state index is -0.995. The molecule has 2 aliphatic rings. The van der Waals surface area contributed by atoms with Crippen LogP contribution in [0.3, 0.4) is 0 Å². The van der Waals surface area contributed by atoms with Crippen molar-refractivity contribution < 1.29 is 19.1 Å². The normalized spacial score (nSPS) is 26.9. The van der Waals surface area contributed by atoms with E-state index < -0.39 is 11.6 Å². The Kier molecular flexibility index (Phi) is 3.43. The van der Waals surface area contributed by atoms with Gasteiger partial charge < -0.3 is 10.1 Å². The lowest BCUT2D eigenvalue weighted by atomic mass is 9.68. The number of ether oxygens (including phenoxy) is 1. The van der Waals surface area contributed by atoms with E-state index in [1.807, 2.05) is 0 Å². The molecular weight excluding hydrogens is 354 g/mol. The topological polar surface area (TPSA) is 88.6 Å². The number of nitrogens with zero attached hydrogens (tertiary/aromatic N) is 2. The Hall–Kier alpha value is -1.96. The molecule has 1 saturated heterocycles. The molecule has 1 spiro atoms. The fourth-order valence-electron chi connectivity index (χ4n) is 2.95. The fourth-order valence-corrected chi connectivity index (χ4v) is 3.27. The second-order valence-corrected chi connectivity index (χ2v) is 6.40. The summed E-state index contributed by atoms with van der Waals surface area (Å²) in [6.45, 7) is 1.80. The van der Waals surface area contributed by atoms with Crippen molar-refractivity contribution >= 4 is 39.5 Å². The van der Waals surface area contributed by atoms with Gasteiger partial charge in [0.2, 0.25) is 0 Å². The van der Waals surface area contributed by atoms with Gasteiger partial charge in [-0.05, 0) is 41.3 Å². The Balaban J connectivity index is 1.88. The third-order valence-corrected chi connectivity index (χ3v) is 5.05. The van der Waals surface area contributed by atoms with Crippen LogP contribution in [0.2, 0.25) is 0 Å². The molecule has 22 heavy (non-hydrogen) atoms. The molecule has 3 rings (SSSR count). The number of hydrogen-bond donors (Lipinski definition) is 1. The van der Waals surface area contributed by atoms with Crippen molar-refractivity contribution in [2.75, 3.05) is 12.0 Å². The highest BCUT2D eigenvalue weighted by Gasteiger charge is 2.61. The summed E-state index contributed by atoms with van der Waals surface area (Å²) in [6, 6.07) is -0.490. The first-order chi connectivity index (χ1) is 10.4. The molecule has 0 radical (unpaired) electrons. The standard InChI is InChI=1S/C14H14BrN3O4/c1-7-9(15)5-16-6-10(7)18-12(20)14(17-13(18)21)3-8(4-14)11(19)22-2/h5-6,8H,3-4H2,1-2H3,(H,17,21). The zero-order chi connectivity index (χ0) is 16.1. The van der Waals surface area contributed by atoms with Gasteiger partial charge in [0, 0.05) is 10.7 Å². The molecule has 0 atom stereocenters. The summed E-state index contributed by atoms with van der Waals surface area (Å²) in [5.74, 6) is -1.05. The van der Waals surface area contributed by atoms with Gasteiger partial charge in [-0.15, -0.1) is 0 Å². The molecule has 0 aromatic carbocycles. The molecule has 1 N–H and O–H groups in total. The average molecular weight is 368 g/mol. The first-order valence-electron chi connectivity index (χ1n) is 6.74. The van der Waals surface area contributed by atoms with E-state index in [9.17, 15) is 14.4 Å². The van der Waals surface area contributed by atoms with E-state index in [1.165, 1.54) is 13.3 Å². The Morgan fingerprint density at radius 1 is 1.45 bits per heavy atom. The summed E-state index contributed by atoms with van der Waals surface area (Å²) in [7, 11) is 1.31. The van der Waals surface area contributed by atoms with Gasteiger partial charge in [-0.1, -0.05) is 0 Å². The molecule has 1 saturated carbocycles. The smallest absolute Gasteiger partial charge is 0.329 e. The molecule has 0 unspecified atom stereocenters. The molecule has 3 amide bonds. The van der Waals surface area contributed by atoms with Crippen LogP contribution in [0.5, 0.6) is 0 Å². The highest BCUT2D eigenvalue weighted by molar-refractivity contribution is 9.10. The number of rotatable bonds is 2. The number of amides is 3. The Labute approximate surface area is 135 Å². The molecule has 1 aliphatic heterocycles. The molecule has 0 bridgehead atoms. The van der Waals surface area contributed by atoms with Gasteiger partial charge in [0.1, 0.15) is 5.54 Å². The quantitative estimate of drug-likeness (QED) is 0.632. The predicted molar refractivity (Wildman–Crippen MR) is 80.2 cm³/mol. The Morgan fingerprint density at radius 3 is 2.77 bits per heavy atom. The number of methoxy groups -OCH3 is 1. The highest BCUT2D eigenvalue weighted by atomic mass is 79.9. The lowest BCUT2D eigenvalue weighted by Crippen LogP contribution is -2.59. The molecule has 7 nitrogen and oxygen atoms in total. The maximum absolute atomic E-state index is 12.7. The second-order valence-electron chi connectivity index (χ2n) is 5.55. The van der Waals surface area contributed by atoms with Crippen LogP contribution in [-0.2, 0) is 14.3 Å². The summed E-state index contributed by atoms with van der Waals surface area (Å²) in [6.07, 6.45) is 3.61. The number of aromatic nitrogens is 1. The van der Waals surface area contributed by atoms with Gasteiger partial charge in [-0.2, -0.15) is 0 Å². The molecule has 116 valence electrons. The number of nitrogens with one attached hydrogen (secondary N) is 1. The van der Waals surface area contributed by atoms with Crippen molar-refractivity contribution in [1.29, 1.82) is 0 Å². The van der Waals surface area contributed by atoms with Gasteiger partial charge in [-0.3, -0.25) is 14.6 Å². The first kappa shape index (κ1) is 15.0. The Morgan fingerprint density at radius 2 is 2.14 bits per heavy atom. The highest BCUT2D eigenvalue weighted by Crippen LogP contribution is 2.44. The van der Waals surface area contributed by atoms with Gasteiger partial charge in [0.25, 0.3) is 5.91 Å². The summed E-state index contributed by atoms with van der Waals surface area (Å²) in [4.78, 5) is 41.5. The SMILES string of the molecule is COC(=O)C1CC2(C1)NC(=O)N(c1cncc(Br)c1C)C2=O. The van der Waals surface area contributed by atoms with Crippen molar-refractivity contribution in [3.05, 3.63) is 22.4 Å². The van der Waals surface area contributed by atoms with Crippen molar-refractivity contribution in [1.82, 2.24) is 10.3 Å². The Bertz CT molecular complexity index is 685. The monoisotopic (exact) mass is 367 g/mol. The van der Waals surface area contributed by atoms with Crippen LogP contribution in [-0.4, -0.2) is 35.5 Å². The van der Waals surface area contributed by atoms with E-state index in [-0.39, 0.29) is 30.6 Å². The van der Waals surface area contributed by atoms with Gasteiger partial charge >= 0.3 is 12.0 Å². The zero-order valence-electron chi connectivity index (χ0n) is 12.1. The lowest BCUT2D eigenvalue weighted by molar-refractivity contribution is -0.152. The summed E-state index contributed by atoms with van der Waals surface area (Å²) >= 11 is 3.34.